The molecule has 0 aliphatic carbocycles. The van der Waals surface area contributed by atoms with Crippen LogP contribution in [0.1, 0.15) is 43.4 Å². The summed E-state index contributed by atoms with van der Waals surface area (Å²) >= 11 is 0. The van der Waals surface area contributed by atoms with Gasteiger partial charge in [-0.1, -0.05) is 38.1 Å². The van der Waals surface area contributed by atoms with E-state index in [4.69, 9.17) is 5.73 Å². The second-order valence-corrected chi connectivity index (χ2v) is 4.66. The van der Waals surface area contributed by atoms with Gasteiger partial charge in [-0.25, -0.2) is 4.98 Å². The van der Waals surface area contributed by atoms with Crippen molar-refractivity contribution in [1.82, 2.24) is 9.97 Å². The number of benzene rings is 1. The Labute approximate surface area is 108 Å². The average molecular weight is 243 g/mol. The third-order valence-electron chi connectivity index (χ3n) is 3.33. The molecule has 1 heterocycles. The predicted molar refractivity (Wildman–Crippen MR) is 75.4 cm³/mol. The number of hydrogen-bond donors (Lipinski definition) is 2. The second-order valence-electron chi connectivity index (χ2n) is 4.66. The molecule has 2 rings (SSSR count). The van der Waals surface area contributed by atoms with Crippen molar-refractivity contribution in [2.24, 2.45) is 5.73 Å². The predicted octanol–water partition coefficient (Wildman–Crippen LogP) is 3.36. The lowest BCUT2D eigenvalue weighted by molar-refractivity contribution is 0.657. The molecule has 0 aliphatic rings. The van der Waals surface area contributed by atoms with E-state index in [0.29, 0.717) is 0 Å². The van der Waals surface area contributed by atoms with E-state index in [1.54, 1.807) is 0 Å². The molecule has 0 radical (unpaired) electrons. The van der Waals surface area contributed by atoms with Crippen LogP contribution in [0.25, 0.3) is 11.3 Å². The Morgan fingerprint density at radius 1 is 1.22 bits per heavy atom. The van der Waals surface area contributed by atoms with Crippen molar-refractivity contribution in [1.29, 1.82) is 0 Å². The summed E-state index contributed by atoms with van der Waals surface area (Å²) in [5, 5.41) is 0. The first-order valence-electron chi connectivity index (χ1n) is 6.57. The summed E-state index contributed by atoms with van der Waals surface area (Å²) < 4.78 is 0. The van der Waals surface area contributed by atoms with E-state index in [1.807, 2.05) is 6.92 Å². The molecular weight excluding hydrogens is 222 g/mol. The number of rotatable bonds is 4. The standard InChI is InChI=1S/C15H21N3/c1-4-11-6-8-12(9-7-11)14-10(3)17-15(18-14)13(16)5-2/h6-9,13H,4-5,16H2,1-3H3,(H,17,18). The highest BCUT2D eigenvalue weighted by Gasteiger charge is 2.12. The number of nitrogens with two attached hydrogens (primary N) is 1. The van der Waals surface area contributed by atoms with Crippen molar-refractivity contribution in [3.8, 4) is 11.3 Å². The Kier molecular flexibility index (Phi) is 3.82. The van der Waals surface area contributed by atoms with Crippen molar-refractivity contribution >= 4 is 0 Å². The molecule has 3 N–H and O–H groups in total. The number of nitrogens with zero attached hydrogens (tertiary/aromatic N) is 1. The summed E-state index contributed by atoms with van der Waals surface area (Å²) in [4.78, 5) is 7.91. The molecule has 1 aromatic carbocycles. The van der Waals surface area contributed by atoms with Gasteiger partial charge in [0.25, 0.3) is 0 Å². The normalized spacial score (nSPS) is 12.7. The highest BCUT2D eigenvalue weighted by Crippen LogP contribution is 2.23. The molecule has 1 atom stereocenters. The van der Waals surface area contributed by atoms with Gasteiger partial charge in [-0.15, -0.1) is 0 Å². The molecule has 3 nitrogen and oxygen atoms in total. The van der Waals surface area contributed by atoms with Crippen LogP contribution >= 0.6 is 0 Å². The molecule has 0 amide bonds. The van der Waals surface area contributed by atoms with Crippen LogP contribution in [0.5, 0.6) is 0 Å². The van der Waals surface area contributed by atoms with E-state index < -0.39 is 0 Å². The van der Waals surface area contributed by atoms with Crippen LogP contribution in [0.4, 0.5) is 0 Å². The second kappa shape index (κ2) is 5.36. The first kappa shape index (κ1) is 12.8. The molecule has 0 bridgehead atoms. The Hall–Kier alpha value is -1.61. The van der Waals surface area contributed by atoms with Gasteiger partial charge in [-0.3, -0.25) is 0 Å². The Balaban J connectivity index is 2.34. The third kappa shape index (κ3) is 2.46. The van der Waals surface area contributed by atoms with E-state index in [9.17, 15) is 0 Å². The minimum Gasteiger partial charge on any atom is -0.344 e. The van der Waals surface area contributed by atoms with Gasteiger partial charge in [0.2, 0.25) is 0 Å². The molecule has 0 aliphatic heterocycles. The summed E-state index contributed by atoms with van der Waals surface area (Å²) in [6.07, 6.45) is 1.95. The lowest BCUT2D eigenvalue weighted by Gasteiger charge is -2.03. The number of H-pyrrole nitrogens is 1. The largest absolute Gasteiger partial charge is 0.344 e. The van der Waals surface area contributed by atoms with Crippen LogP contribution < -0.4 is 5.73 Å². The fraction of sp³-hybridized carbons (Fsp3) is 0.400. The summed E-state index contributed by atoms with van der Waals surface area (Å²) in [5.41, 5.74) is 10.6. The molecule has 2 aromatic rings. The first-order chi connectivity index (χ1) is 8.65. The molecule has 0 saturated carbocycles. The number of aryl methyl sites for hydroxylation is 2. The van der Waals surface area contributed by atoms with Crippen molar-refractivity contribution < 1.29 is 0 Å². The maximum atomic E-state index is 6.01. The fourth-order valence-corrected chi connectivity index (χ4v) is 2.03. The van der Waals surface area contributed by atoms with Crippen LogP contribution in [0, 0.1) is 6.92 Å². The van der Waals surface area contributed by atoms with E-state index in [-0.39, 0.29) is 6.04 Å². The molecule has 0 spiro atoms. The van der Waals surface area contributed by atoms with Crippen molar-refractivity contribution in [2.45, 2.75) is 39.7 Å². The number of aromatic amines is 1. The number of imidazole rings is 1. The van der Waals surface area contributed by atoms with Gasteiger partial charge in [-0.05, 0) is 25.3 Å². The van der Waals surface area contributed by atoms with E-state index in [1.165, 1.54) is 5.56 Å². The lowest BCUT2D eigenvalue weighted by Crippen LogP contribution is -2.10. The van der Waals surface area contributed by atoms with E-state index >= 15 is 0 Å². The van der Waals surface area contributed by atoms with Crippen molar-refractivity contribution in [2.75, 3.05) is 0 Å². The van der Waals surface area contributed by atoms with E-state index in [0.717, 1.165) is 35.6 Å². The highest BCUT2D eigenvalue weighted by molar-refractivity contribution is 5.62. The Morgan fingerprint density at radius 2 is 1.89 bits per heavy atom. The zero-order chi connectivity index (χ0) is 13.1. The summed E-state index contributed by atoms with van der Waals surface area (Å²) in [6, 6.07) is 8.56. The quantitative estimate of drug-likeness (QED) is 0.865. The molecule has 1 aromatic heterocycles. The number of nitrogens with one attached hydrogen (secondary N) is 1. The van der Waals surface area contributed by atoms with E-state index in [2.05, 4.69) is 48.1 Å². The van der Waals surface area contributed by atoms with Gasteiger partial charge in [0.05, 0.1) is 11.7 Å². The van der Waals surface area contributed by atoms with Crippen LogP contribution in [0.15, 0.2) is 24.3 Å². The monoisotopic (exact) mass is 243 g/mol. The topological polar surface area (TPSA) is 54.7 Å². The Bertz CT molecular complexity index is 511. The van der Waals surface area contributed by atoms with Crippen molar-refractivity contribution in [3.63, 3.8) is 0 Å². The number of aromatic nitrogens is 2. The molecule has 0 fully saturated rings. The van der Waals surface area contributed by atoms with Crippen LogP contribution in [0.2, 0.25) is 0 Å². The summed E-state index contributed by atoms with van der Waals surface area (Å²) in [7, 11) is 0. The van der Waals surface area contributed by atoms with Gasteiger partial charge in [0.1, 0.15) is 5.82 Å². The maximum Gasteiger partial charge on any atom is 0.123 e. The highest BCUT2D eigenvalue weighted by atomic mass is 15.0. The Morgan fingerprint density at radius 3 is 2.44 bits per heavy atom. The zero-order valence-electron chi connectivity index (χ0n) is 11.3. The molecule has 1 unspecified atom stereocenters. The average Bonchev–Trinajstić information content (AvgIpc) is 2.80. The van der Waals surface area contributed by atoms with Gasteiger partial charge in [-0.2, -0.15) is 0 Å². The first-order valence-corrected chi connectivity index (χ1v) is 6.57. The minimum absolute atomic E-state index is 0.00707. The smallest absolute Gasteiger partial charge is 0.123 e. The summed E-state index contributed by atoms with van der Waals surface area (Å²) in [5.74, 6) is 0.879. The number of hydrogen-bond acceptors (Lipinski definition) is 2. The van der Waals surface area contributed by atoms with Crippen LogP contribution in [-0.2, 0) is 6.42 Å². The molecule has 0 saturated heterocycles. The molecular formula is C15H21N3. The minimum atomic E-state index is -0.00707. The van der Waals surface area contributed by atoms with Gasteiger partial charge >= 0.3 is 0 Å². The molecule has 18 heavy (non-hydrogen) atoms. The zero-order valence-corrected chi connectivity index (χ0v) is 11.3. The van der Waals surface area contributed by atoms with Gasteiger partial charge in [0, 0.05) is 11.3 Å². The maximum absolute atomic E-state index is 6.01. The fourth-order valence-electron chi connectivity index (χ4n) is 2.03. The molecule has 3 heteroatoms. The van der Waals surface area contributed by atoms with Gasteiger partial charge in [0.15, 0.2) is 0 Å². The van der Waals surface area contributed by atoms with Crippen LogP contribution in [0.3, 0.4) is 0 Å². The third-order valence-corrected chi connectivity index (χ3v) is 3.33. The van der Waals surface area contributed by atoms with Crippen LogP contribution in [-0.4, -0.2) is 9.97 Å². The van der Waals surface area contributed by atoms with Crippen molar-refractivity contribution in [3.05, 3.63) is 41.3 Å². The molecule has 96 valence electrons. The lowest BCUT2D eigenvalue weighted by atomic mass is 10.1. The summed E-state index contributed by atoms with van der Waals surface area (Å²) in [6.45, 7) is 6.27. The van der Waals surface area contributed by atoms with Gasteiger partial charge < -0.3 is 10.7 Å². The SMILES string of the molecule is CCc1ccc(-c2nc(C(N)CC)[nH]c2C)cc1.